The minimum Gasteiger partial charge on any atom is -0.489 e. The summed E-state index contributed by atoms with van der Waals surface area (Å²) in [5.74, 6) is 0.841. The molecule has 1 aromatic rings. The molecule has 6 heteroatoms. The van der Waals surface area contributed by atoms with Crippen LogP contribution in [0.15, 0.2) is 18.2 Å². The fourth-order valence-corrected chi connectivity index (χ4v) is 3.25. The highest BCUT2D eigenvalue weighted by Crippen LogP contribution is 2.29. The number of carbonyl (C=O) groups excluding carboxylic acids is 2. The number of benzene rings is 1. The number of piperidine rings is 1. The number of esters is 1. The van der Waals surface area contributed by atoms with Gasteiger partial charge in [0.15, 0.2) is 0 Å². The van der Waals surface area contributed by atoms with Crippen molar-refractivity contribution in [2.45, 2.75) is 46.1 Å². The van der Waals surface area contributed by atoms with Crippen molar-refractivity contribution in [3.05, 3.63) is 23.8 Å². The topological polar surface area (TPSA) is 76.7 Å². The summed E-state index contributed by atoms with van der Waals surface area (Å²) in [6, 6.07) is 4.93. The molecule has 1 amide bonds. The average Bonchev–Trinajstić information content (AvgIpc) is 2.62. The Balaban J connectivity index is 2.08. The quantitative estimate of drug-likeness (QED) is 0.728. The van der Waals surface area contributed by atoms with Gasteiger partial charge < -0.3 is 20.1 Å². The predicted octanol–water partition coefficient (Wildman–Crippen LogP) is 3.22. The first-order valence-electron chi connectivity index (χ1n) is 9.30. The standard InChI is InChI=1S/C20H30N2O4/c1-13(2)26-18-8-7-15(20(24)25-4)11-17(18)22-19(23)10-14(3)16-6-5-9-21-12-16/h7-8,11,13-14,16,21H,5-6,9-10,12H2,1-4H3,(H,22,23). The molecule has 2 rings (SSSR count). The third-order valence-electron chi connectivity index (χ3n) is 4.68. The van der Waals surface area contributed by atoms with Gasteiger partial charge in [-0.15, -0.1) is 0 Å². The molecular formula is C20H30N2O4. The van der Waals surface area contributed by atoms with E-state index in [1.165, 1.54) is 7.11 Å². The second kappa shape index (κ2) is 9.57. The summed E-state index contributed by atoms with van der Waals surface area (Å²) < 4.78 is 10.5. The van der Waals surface area contributed by atoms with Crippen molar-refractivity contribution < 1.29 is 19.1 Å². The van der Waals surface area contributed by atoms with Gasteiger partial charge in [0.2, 0.25) is 5.91 Å². The second-order valence-corrected chi connectivity index (χ2v) is 7.21. The van der Waals surface area contributed by atoms with E-state index in [0.29, 0.717) is 35.3 Å². The third kappa shape index (κ3) is 5.73. The van der Waals surface area contributed by atoms with E-state index in [4.69, 9.17) is 9.47 Å². The van der Waals surface area contributed by atoms with E-state index in [1.807, 2.05) is 13.8 Å². The fourth-order valence-electron chi connectivity index (χ4n) is 3.25. The molecule has 0 radical (unpaired) electrons. The van der Waals surface area contributed by atoms with Gasteiger partial charge in [0.25, 0.3) is 0 Å². The highest BCUT2D eigenvalue weighted by molar-refractivity contribution is 5.96. The SMILES string of the molecule is COC(=O)c1ccc(OC(C)C)c(NC(=O)CC(C)C2CCCNC2)c1. The normalized spacial score (nSPS) is 18.3. The molecule has 2 N–H and O–H groups in total. The molecular weight excluding hydrogens is 332 g/mol. The van der Waals surface area contributed by atoms with Gasteiger partial charge in [-0.25, -0.2) is 4.79 Å². The Morgan fingerprint density at radius 3 is 2.69 bits per heavy atom. The van der Waals surface area contributed by atoms with Crippen molar-refractivity contribution in [3.63, 3.8) is 0 Å². The van der Waals surface area contributed by atoms with Gasteiger partial charge in [0.05, 0.1) is 24.5 Å². The molecule has 1 heterocycles. The monoisotopic (exact) mass is 362 g/mol. The van der Waals surface area contributed by atoms with Crippen molar-refractivity contribution in [1.29, 1.82) is 0 Å². The Hall–Kier alpha value is -2.08. The Bertz CT molecular complexity index is 624. The number of methoxy groups -OCH3 is 1. The summed E-state index contributed by atoms with van der Waals surface area (Å²) in [7, 11) is 1.33. The summed E-state index contributed by atoms with van der Waals surface area (Å²) in [4.78, 5) is 24.3. The summed E-state index contributed by atoms with van der Waals surface area (Å²) >= 11 is 0. The van der Waals surface area contributed by atoms with Gasteiger partial charge in [0, 0.05) is 6.42 Å². The van der Waals surface area contributed by atoms with Gasteiger partial charge in [-0.3, -0.25) is 4.79 Å². The van der Waals surface area contributed by atoms with Gasteiger partial charge in [-0.1, -0.05) is 6.92 Å². The van der Waals surface area contributed by atoms with Crippen molar-refractivity contribution in [1.82, 2.24) is 5.32 Å². The maximum Gasteiger partial charge on any atom is 0.337 e. The van der Waals surface area contributed by atoms with Crippen LogP contribution in [0.1, 0.15) is 50.4 Å². The van der Waals surface area contributed by atoms with Gasteiger partial charge in [-0.2, -0.15) is 0 Å². The molecule has 1 aliphatic heterocycles. The van der Waals surface area contributed by atoms with E-state index in [0.717, 1.165) is 25.9 Å². The Morgan fingerprint density at radius 1 is 1.31 bits per heavy atom. The molecule has 6 nitrogen and oxygen atoms in total. The van der Waals surface area contributed by atoms with Gasteiger partial charge in [-0.05, 0) is 69.8 Å². The zero-order valence-corrected chi connectivity index (χ0v) is 16.1. The number of amides is 1. The molecule has 26 heavy (non-hydrogen) atoms. The fraction of sp³-hybridized carbons (Fsp3) is 0.600. The maximum absolute atomic E-state index is 12.6. The first-order chi connectivity index (χ1) is 12.4. The molecule has 2 unspecified atom stereocenters. The molecule has 0 bridgehead atoms. The molecule has 0 spiro atoms. The Labute approximate surface area is 155 Å². The minimum atomic E-state index is -0.446. The van der Waals surface area contributed by atoms with Crippen LogP contribution in [0.4, 0.5) is 5.69 Å². The molecule has 0 aliphatic carbocycles. The molecule has 1 saturated heterocycles. The lowest BCUT2D eigenvalue weighted by Crippen LogP contribution is -2.34. The number of anilines is 1. The van der Waals surface area contributed by atoms with E-state index in [-0.39, 0.29) is 12.0 Å². The van der Waals surface area contributed by atoms with Crippen LogP contribution in [0.5, 0.6) is 5.75 Å². The lowest BCUT2D eigenvalue weighted by atomic mass is 9.85. The lowest BCUT2D eigenvalue weighted by molar-refractivity contribution is -0.117. The van der Waals surface area contributed by atoms with Crippen LogP contribution in [-0.2, 0) is 9.53 Å². The maximum atomic E-state index is 12.6. The van der Waals surface area contributed by atoms with Crippen molar-refractivity contribution >= 4 is 17.6 Å². The average molecular weight is 362 g/mol. The van der Waals surface area contributed by atoms with Crippen LogP contribution >= 0.6 is 0 Å². The predicted molar refractivity (Wildman–Crippen MR) is 102 cm³/mol. The third-order valence-corrected chi connectivity index (χ3v) is 4.68. The summed E-state index contributed by atoms with van der Waals surface area (Å²) in [6.07, 6.45) is 2.71. The van der Waals surface area contributed by atoms with Crippen molar-refractivity contribution in [3.8, 4) is 5.75 Å². The number of carbonyl (C=O) groups is 2. The number of rotatable bonds is 7. The lowest BCUT2D eigenvalue weighted by Gasteiger charge is -2.28. The molecule has 1 aliphatic rings. The molecule has 144 valence electrons. The zero-order chi connectivity index (χ0) is 19.1. The Kier molecular flexibility index (Phi) is 7.45. The van der Waals surface area contributed by atoms with E-state index in [9.17, 15) is 9.59 Å². The van der Waals surface area contributed by atoms with Gasteiger partial charge in [0.1, 0.15) is 5.75 Å². The van der Waals surface area contributed by atoms with E-state index >= 15 is 0 Å². The Morgan fingerprint density at radius 2 is 2.08 bits per heavy atom. The van der Waals surface area contributed by atoms with Crippen LogP contribution in [0.2, 0.25) is 0 Å². The smallest absolute Gasteiger partial charge is 0.337 e. The second-order valence-electron chi connectivity index (χ2n) is 7.21. The summed E-state index contributed by atoms with van der Waals surface area (Å²) in [6.45, 7) is 7.98. The van der Waals surface area contributed by atoms with Crippen LogP contribution in [0.3, 0.4) is 0 Å². The number of ether oxygens (including phenoxy) is 2. The number of hydrogen-bond acceptors (Lipinski definition) is 5. The molecule has 0 aromatic heterocycles. The van der Waals surface area contributed by atoms with E-state index in [1.54, 1.807) is 18.2 Å². The van der Waals surface area contributed by atoms with E-state index in [2.05, 4.69) is 17.6 Å². The first-order valence-corrected chi connectivity index (χ1v) is 9.30. The van der Waals surface area contributed by atoms with Crippen molar-refractivity contribution in [2.75, 3.05) is 25.5 Å². The van der Waals surface area contributed by atoms with Crippen LogP contribution in [-0.4, -0.2) is 38.2 Å². The van der Waals surface area contributed by atoms with Crippen LogP contribution in [0, 0.1) is 11.8 Å². The zero-order valence-electron chi connectivity index (χ0n) is 16.1. The largest absolute Gasteiger partial charge is 0.489 e. The highest BCUT2D eigenvalue weighted by atomic mass is 16.5. The number of hydrogen-bond donors (Lipinski definition) is 2. The van der Waals surface area contributed by atoms with E-state index < -0.39 is 5.97 Å². The first kappa shape index (κ1) is 20.2. The van der Waals surface area contributed by atoms with Crippen LogP contribution < -0.4 is 15.4 Å². The molecule has 1 fully saturated rings. The summed E-state index contributed by atoms with van der Waals surface area (Å²) in [5.41, 5.74) is 0.879. The number of nitrogens with one attached hydrogen (secondary N) is 2. The van der Waals surface area contributed by atoms with Crippen LogP contribution in [0.25, 0.3) is 0 Å². The molecule has 0 saturated carbocycles. The molecule has 1 aromatic carbocycles. The van der Waals surface area contributed by atoms with Crippen molar-refractivity contribution in [2.24, 2.45) is 11.8 Å². The molecule has 2 atom stereocenters. The highest BCUT2D eigenvalue weighted by Gasteiger charge is 2.23. The summed E-state index contributed by atoms with van der Waals surface area (Å²) in [5, 5.41) is 6.31. The minimum absolute atomic E-state index is 0.0399. The van der Waals surface area contributed by atoms with Gasteiger partial charge >= 0.3 is 5.97 Å².